The lowest BCUT2D eigenvalue weighted by Crippen LogP contribution is -2.32. The summed E-state index contributed by atoms with van der Waals surface area (Å²) >= 11 is 0. The number of hydrogen-bond acceptors (Lipinski definition) is 5. The van der Waals surface area contributed by atoms with Crippen molar-refractivity contribution in [3.8, 4) is 11.5 Å². The van der Waals surface area contributed by atoms with E-state index in [-0.39, 0.29) is 18.6 Å². The van der Waals surface area contributed by atoms with E-state index >= 15 is 0 Å². The van der Waals surface area contributed by atoms with E-state index in [2.05, 4.69) is 12.2 Å². The molecule has 2 aromatic rings. The number of nitrogens with one attached hydrogen (secondary N) is 1. The smallest absolute Gasteiger partial charge is 0.331 e. The molecule has 0 saturated heterocycles. The lowest BCUT2D eigenvalue weighted by molar-refractivity contribution is -0.144. The standard InChI is InChI=1S/C24H27NO5/c1-2-7-20(19-8-4-3-5-9-19)25-23(26)17-30-24(27)13-11-18-10-12-21-22(16-18)29-15-6-14-28-21/h3-5,8-13,16,20H,2,6-7,14-15,17H2,1H3,(H,25,26)/b13-11+/t20-/m1/s1. The summed E-state index contributed by atoms with van der Waals surface area (Å²) in [5, 5.41) is 2.93. The monoisotopic (exact) mass is 409 g/mol. The average molecular weight is 409 g/mol. The van der Waals surface area contributed by atoms with Crippen LogP contribution in [0.3, 0.4) is 0 Å². The van der Waals surface area contributed by atoms with Gasteiger partial charge in [-0.05, 0) is 35.8 Å². The molecule has 0 aromatic heterocycles. The normalized spacial score (nSPS) is 14.0. The Labute approximate surface area is 176 Å². The first kappa shape index (κ1) is 21.4. The molecule has 1 heterocycles. The number of carbonyl (C=O) groups is 2. The second-order valence-electron chi connectivity index (χ2n) is 7.02. The van der Waals surface area contributed by atoms with Crippen molar-refractivity contribution in [2.45, 2.75) is 32.2 Å². The molecule has 1 amide bonds. The van der Waals surface area contributed by atoms with Crippen LogP contribution in [0.5, 0.6) is 11.5 Å². The molecule has 1 atom stereocenters. The number of benzene rings is 2. The zero-order valence-electron chi connectivity index (χ0n) is 17.1. The summed E-state index contributed by atoms with van der Waals surface area (Å²) in [6.45, 7) is 2.96. The quantitative estimate of drug-likeness (QED) is 0.526. The van der Waals surface area contributed by atoms with Crippen LogP contribution in [0.25, 0.3) is 6.08 Å². The van der Waals surface area contributed by atoms with Crippen molar-refractivity contribution in [1.82, 2.24) is 5.32 Å². The van der Waals surface area contributed by atoms with E-state index in [0.717, 1.165) is 30.4 Å². The maximum atomic E-state index is 12.2. The molecule has 0 unspecified atom stereocenters. The van der Waals surface area contributed by atoms with Crippen LogP contribution in [0, 0.1) is 0 Å². The van der Waals surface area contributed by atoms with E-state index in [1.54, 1.807) is 6.08 Å². The summed E-state index contributed by atoms with van der Waals surface area (Å²) in [7, 11) is 0. The highest BCUT2D eigenvalue weighted by atomic mass is 16.5. The molecule has 1 N–H and O–H groups in total. The highest BCUT2D eigenvalue weighted by Gasteiger charge is 2.15. The summed E-state index contributed by atoms with van der Waals surface area (Å²) < 4.78 is 16.3. The summed E-state index contributed by atoms with van der Waals surface area (Å²) in [5.41, 5.74) is 1.82. The minimum absolute atomic E-state index is 0.0975. The second-order valence-corrected chi connectivity index (χ2v) is 7.02. The fraction of sp³-hybridized carbons (Fsp3) is 0.333. The van der Waals surface area contributed by atoms with E-state index in [9.17, 15) is 9.59 Å². The number of amides is 1. The van der Waals surface area contributed by atoms with Gasteiger partial charge in [0, 0.05) is 12.5 Å². The topological polar surface area (TPSA) is 73.9 Å². The maximum absolute atomic E-state index is 12.2. The van der Waals surface area contributed by atoms with E-state index in [1.165, 1.54) is 6.08 Å². The molecule has 0 radical (unpaired) electrons. The highest BCUT2D eigenvalue weighted by molar-refractivity contribution is 5.89. The average Bonchev–Trinajstić information content (AvgIpc) is 3.01. The van der Waals surface area contributed by atoms with Gasteiger partial charge >= 0.3 is 5.97 Å². The second kappa shape index (κ2) is 11.0. The Kier molecular flexibility index (Phi) is 7.89. The summed E-state index contributed by atoms with van der Waals surface area (Å²) in [6, 6.07) is 15.1. The van der Waals surface area contributed by atoms with Gasteiger partial charge in [-0.3, -0.25) is 4.79 Å². The van der Waals surface area contributed by atoms with Crippen LogP contribution < -0.4 is 14.8 Å². The number of hydrogen-bond donors (Lipinski definition) is 1. The zero-order valence-corrected chi connectivity index (χ0v) is 17.1. The first-order valence-corrected chi connectivity index (χ1v) is 10.2. The van der Waals surface area contributed by atoms with E-state index in [0.29, 0.717) is 24.7 Å². The van der Waals surface area contributed by atoms with Crippen LogP contribution in [0.15, 0.2) is 54.6 Å². The van der Waals surface area contributed by atoms with Crippen molar-refractivity contribution < 1.29 is 23.8 Å². The van der Waals surface area contributed by atoms with E-state index < -0.39 is 5.97 Å². The fourth-order valence-electron chi connectivity index (χ4n) is 3.16. The Balaban J connectivity index is 1.50. The highest BCUT2D eigenvalue weighted by Crippen LogP contribution is 2.30. The van der Waals surface area contributed by atoms with Crippen LogP contribution in [-0.4, -0.2) is 31.7 Å². The van der Waals surface area contributed by atoms with Crippen LogP contribution in [-0.2, 0) is 14.3 Å². The molecule has 158 valence electrons. The van der Waals surface area contributed by atoms with Gasteiger partial charge in [-0.25, -0.2) is 4.79 Å². The Morgan fingerprint density at radius 3 is 2.63 bits per heavy atom. The molecule has 0 bridgehead atoms. The molecule has 0 aliphatic carbocycles. The summed E-state index contributed by atoms with van der Waals surface area (Å²) in [6.07, 6.45) is 5.50. The molecular formula is C24H27NO5. The number of ether oxygens (including phenoxy) is 3. The van der Waals surface area contributed by atoms with Gasteiger partial charge in [0.2, 0.25) is 0 Å². The maximum Gasteiger partial charge on any atom is 0.331 e. The predicted octanol–water partition coefficient (Wildman–Crippen LogP) is 4.06. The van der Waals surface area contributed by atoms with E-state index in [1.807, 2.05) is 48.5 Å². The molecular weight excluding hydrogens is 382 g/mol. The Hall–Kier alpha value is -3.28. The molecule has 0 fully saturated rings. The van der Waals surface area contributed by atoms with Crippen molar-refractivity contribution in [2.75, 3.05) is 19.8 Å². The molecule has 30 heavy (non-hydrogen) atoms. The SMILES string of the molecule is CCC[C@@H](NC(=O)COC(=O)/C=C/c1ccc2c(c1)OCCCO2)c1ccccc1. The zero-order chi connectivity index (χ0) is 21.2. The van der Waals surface area contributed by atoms with Gasteiger partial charge in [-0.15, -0.1) is 0 Å². The number of rotatable bonds is 8. The summed E-state index contributed by atoms with van der Waals surface area (Å²) in [5.74, 6) is 0.452. The Morgan fingerprint density at radius 2 is 1.87 bits per heavy atom. The van der Waals surface area contributed by atoms with Gasteiger partial charge in [0.25, 0.3) is 5.91 Å². The summed E-state index contributed by atoms with van der Waals surface area (Å²) in [4.78, 5) is 24.2. The Morgan fingerprint density at radius 1 is 1.10 bits per heavy atom. The minimum Gasteiger partial charge on any atom is -0.490 e. The van der Waals surface area contributed by atoms with Crippen molar-refractivity contribution in [1.29, 1.82) is 0 Å². The molecule has 1 aliphatic rings. The van der Waals surface area contributed by atoms with Gasteiger partial charge in [-0.2, -0.15) is 0 Å². The van der Waals surface area contributed by atoms with E-state index in [4.69, 9.17) is 14.2 Å². The Bertz CT molecular complexity index is 878. The molecule has 2 aromatic carbocycles. The number of esters is 1. The van der Waals surface area contributed by atoms with Gasteiger partial charge in [0.15, 0.2) is 18.1 Å². The molecule has 0 saturated carbocycles. The third-order valence-electron chi connectivity index (χ3n) is 4.64. The van der Waals surface area contributed by atoms with Crippen LogP contribution in [0.1, 0.15) is 43.4 Å². The van der Waals surface area contributed by atoms with Crippen LogP contribution in [0.2, 0.25) is 0 Å². The van der Waals surface area contributed by atoms with Crippen molar-refractivity contribution in [3.05, 3.63) is 65.7 Å². The number of carbonyl (C=O) groups excluding carboxylic acids is 2. The van der Waals surface area contributed by atoms with Crippen molar-refractivity contribution in [2.24, 2.45) is 0 Å². The van der Waals surface area contributed by atoms with Gasteiger partial charge < -0.3 is 19.5 Å². The lowest BCUT2D eigenvalue weighted by Gasteiger charge is -2.18. The molecule has 0 spiro atoms. The van der Waals surface area contributed by atoms with Crippen LogP contribution in [0.4, 0.5) is 0 Å². The lowest BCUT2D eigenvalue weighted by atomic mass is 10.0. The number of fused-ring (bicyclic) bond motifs is 1. The minimum atomic E-state index is -0.580. The van der Waals surface area contributed by atoms with Gasteiger partial charge in [0.1, 0.15) is 0 Å². The first-order valence-electron chi connectivity index (χ1n) is 10.2. The largest absolute Gasteiger partial charge is 0.490 e. The molecule has 3 rings (SSSR count). The fourth-order valence-corrected chi connectivity index (χ4v) is 3.16. The first-order chi connectivity index (χ1) is 14.7. The predicted molar refractivity (Wildman–Crippen MR) is 114 cm³/mol. The van der Waals surface area contributed by atoms with Crippen molar-refractivity contribution in [3.63, 3.8) is 0 Å². The van der Waals surface area contributed by atoms with Gasteiger partial charge in [0.05, 0.1) is 19.3 Å². The van der Waals surface area contributed by atoms with Crippen molar-refractivity contribution >= 4 is 18.0 Å². The third-order valence-corrected chi connectivity index (χ3v) is 4.64. The molecule has 6 nitrogen and oxygen atoms in total. The van der Waals surface area contributed by atoms with Gasteiger partial charge in [-0.1, -0.05) is 49.7 Å². The molecule has 6 heteroatoms. The third kappa shape index (κ3) is 6.37. The molecule has 1 aliphatic heterocycles. The van der Waals surface area contributed by atoms with Crippen LogP contribution >= 0.6 is 0 Å².